The third-order valence-electron chi connectivity index (χ3n) is 2.81. The van der Waals surface area contributed by atoms with Crippen LogP contribution in [0.4, 0.5) is 5.69 Å². The molecule has 0 aliphatic carbocycles. The maximum absolute atomic E-state index is 5.76. The second-order valence-corrected chi connectivity index (χ2v) is 5.18. The summed E-state index contributed by atoms with van der Waals surface area (Å²) in [5, 5.41) is 13.6. The molecule has 0 atom stereocenters. The molecular weight excluding hydrogens is 262 g/mol. The summed E-state index contributed by atoms with van der Waals surface area (Å²) in [7, 11) is 1.62. The lowest BCUT2D eigenvalue weighted by atomic mass is 10.1. The van der Waals surface area contributed by atoms with Crippen LogP contribution in [0.1, 0.15) is 11.4 Å². The minimum Gasteiger partial charge on any atom is -0.399 e. The Balaban J connectivity index is 2.10. The van der Waals surface area contributed by atoms with E-state index in [0.29, 0.717) is 12.4 Å². The molecule has 2 aromatic heterocycles. The molecule has 2 N–H and O–H groups in total. The lowest BCUT2D eigenvalue weighted by Crippen LogP contribution is -1.97. The molecule has 0 fully saturated rings. The number of nitrogen functional groups attached to an aromatic ring is 1. The molecule has 1 aromatic carbocycles. The van der Waals surface area contributed by atoms with Crippen LogP contribution in [0.3, 0.4) is 0 Å². The molecule has 0 saturated heterocycles. The van der Waals surface area contributed by atoms with E-state index >= 15 is 0 Å². The quantitative estimate of drug-likeness (QED) is 0.738. The standard InChI is InChI=1S/C12H13N5OS/c1-7-5-8(13)3-4-9(7)11-16-17-10(6-18-2)14-15-12(17)19-11/h3-5H,6,13H2,1-2H3. The Morgan fingerprint density at radius 3 is 2.95 bits per heavy atom. The zero-order chi connectivity index (χ0) is 13.4. The smallest absolute Gasteiger partial charge is 0.235 e. The first-order chi connectivity index (χ1) is 9.19. The number of anilines is 1. The highest BCUT2D eigenvalue weighted by molar-refractivity contribution is 7.19. The van der Waals surface area contributed by atoms with E-state index in [1.807, 2.05) is 25.1 Å². The maximum atomic E-state index is 5.76. The van der Waals surface area contributed by atoms with Gasteiger partial charge in [-0.05, 0) is 30.7 Å². The average Bonchev–Trinajstić information content (AvgIpc) is 2.91. The van der Waals surface area contributed by atoms with Gasteiger partial charge in [0.1, 0.15) is 11.6 Å². The van der Waals surface area contributed by atoms with E-state index in [4.69, 9.17) is 10.5 Å². The summed E-state index contributed by atoms with van der Waals surface area (Å²) in [5.74, 6) is 0.702. The van der Waals surface area contributed by atoms with Crippen molar-refractivity contribution < 1.29 is 4.74 Å². The molecule has 0 spiro atoms. The third kappa shape index (κ3) is 2.06. The SMILES string of the molecule is COCc1nnc2sc(-c3ccc(N)cc3C)nn12. The van der Waals surface area contributed by atoms with Gasteiger partial charge in [0.25, 0.3) is 0 Å². The largest absolute Gasteiger partial charge is 0.399 e. The Hall–Kier alpha value is -1.99. The first kappa shape index (κ1) is 12.1. The zero-order valence-corrected chi connectivity index (χ0v) is 11.4. The number of hydrogen-bond donors (Lipinski definition) is 1. The molecule has 0 aliphatic rings. The van der Waals surface area contributed by atoms with Crippen molar-refractivity contribution in [3.05, 3.63) is 29.6 Å². The van der Waals surface area contributed by atoms with Crippen LogP contribution < -0.4 is 5.73 Å². The Bertz CT molecular complexity index is 733. The summed E-state index contributed by atoms with van der Waals surface area (Å²) in [6, 6.07) is 5.79. The number of nitrogens with two attached hydrogens (primary N) is 1. The number of methoxy groups -OCH3 is 1. The first-order valence-corrected chi connectivity index (χ1v) is 6.57. The van der Waals surface area contributed by atoms with Crippen LogP contribution in [0.2, 0.25) is 0 Å². The average molecular weight is 275 g/mol. The molecule has 0 unspecified atom stereocenters. The van der Waals surface area contributed by atoms with E-state index < -0.39 is 0 Å². The van der Waals surface area contributed by atoms with Gasteiger partial charge in [0.05, 0.1) is 0 Å². The molecule has 0 aliphatic heterocycles. The van der Waals surface area contributed by atoms with E-state index in [1.54, 1.807) is 11.6 Å². The van der Waals surface area contributed by atoms with Crippen LogP contribution >= 0.6 is 11.3 Å². The first-order valence-electron chi connectivity index (χ1n) is 5.75. The number of benzene rings is 1. The molecule has 7 heteroatoms. The summed E-state index contributed by atoms with van der Waals surface area (Å²) in [4.78, 5) is 0.762. The Morgan fingerprint density at radius 1 is 1.37 bits per heavy atom. The van der Waals surface area contributed by atoms with Crippen molar-refractivity contribution in [2.24, 2.45) is 0 Å². The van der Waals surface area contributed by atoms with E-state index in [-0.39, 0.29) is 0 Å². The second-order valence-electron chi connectivity index (χ2n) is 4.23. The molecule has 98 valence electrons. The Morgan fingerprint density at radius 2 is 2.21 bits per heavy atom. The Kier molecular flexibility index (Phi) is 2.92. The second kappa shape index (κ2) is 4.60. The van der Waals surface area contributed by atoms with E-state index in [9.17, 15) is 0 Å². The van der Waals surface area contributed by atoms with Crippen molar-refractivity contribution >= 4 is 22.0 Å². The fraction of sp³-hybridized carbons (Fsp3) is 0.250. The van der Waals surface area contributed by atoms with Gasteiger partial charge < -0.3 is 10.5 Å². The summed E-state index contributed by atoms with van der Waals surface area (Å²) in [5.41, 5.74) is 8.68. The number of ether oxygens (including phenoxy) is 1. The molecule has 0 bridgehead atoms. The van der Waals surface area contributed by atoms with E-state index in [1.165, 1.54) is 11.3 Å². The number of hydrogen-bond acceptors (Lipinski definition) is 6. The fourth-order valence-electron chi connectivity index (χ4n) is 1.91. The maximum Gasteiger partial charge on any atom is 0.235 e. The minimum atomic E-state index is 0.394. The summed E-state index contributed by atoms with van der Waals surface area (Å²) in [6.45, 7) is 2.41. The Labute approximate surface area is 113 Å². The number of aromatic nitrogens is 4. The summed E-state index contributed by atoms with van der Waals surface area (Å²) >= 11 is 1.50. The molecular formula is C12H13N5OS. The van der Waals surface area contributed by atoms with Crippen LogP contribution in [0.15, 0.2) is 18.2 Å². The van der Waals surface area contributed by atoms with Crippen LogP contribution in [0.5, 0.6) is 0 Å². The normalized spacial score (nSPS) is 11.3. The van der Waals surface area contributed by atoms with Crippen molar-refractivity contribution in [2.45, 2.75) is 13.5 Å². The highest BCUT2D eigenvalue weighted by atomic mass is 32.1. The van der Waals surface area contributed by atoms with Crippen LogP contribution in [0, 0.1) is 6.92 Å². The predicted octanol–water partition coefficient (Wildman–Crippen LogP) is 1.89. The van der Waals surface area contributed by atoms with Gasteiger partial charge in [0, 0.05) is 18.4 Å². The molecule has 19 heavy (non-hydrogen) atoms. The van der Waals surface area contributed by atoms with Gasteiger partial charge in [0.15, 0.2) is 5.82 Å². The monoisotopic (exact) mass is 275 g/mol. The summed E-state index contributed by atoms with van der Waals surface area (Å²) in [6.07, 6.45) is 0. The van der Waals surface area contributed by atoms with Gasteiger partial charge in [0.2, 0.25) is 4.96 Å². The molecule has 6 nitrogen and oxygen atoms in total. The zero-order valence-electron chi connectivity index (χ0n) is 10.6. The van der Waals surface area contributed by atoms with E-state index in [0.717, 1.165) is 26.8 Å². The van der Waals surface area contributed by atoms with Crippen LogP contribution in [-0.2, 0) is 11.3 Å². The lowest BCUT2D eigenvalue weighted by molar-refractivity contribution is 0.176. The van der Waals surface area contributed by atoms with Crippen LogP contribution in [-0.4, -0.2) is 26.9 Å². The lowest BCUT2D eigenvalue weighted by Gasteiger charge is -2.02. The van der Waals surface area contributed by atoms with Crippen molar-refractivity contribution in [1.29, 1.82) is 0 Å². The molecule has 0 saturated carbocycles. The molecule has 3 rings (SSSR count). The van der Waals surface area contributed by atoms with Crippen molar-refractivity contribution in [3.8, 4) is 10.6 Å². The van der Waals surface area contributed by atoms with Crippen molar-refractivity contribution in [2.75, 3.05) is 12.8 Å². The van der Waals surface area contributed by atoms with Gasteiger partial charge in [-0.25, -0.2) is 0 Å². The fourth-order valence-corrected chi connectivity index (χ4v) is 2.86. The molecule has 2 heterocycles. The highest BCUT2D eigenvalue weighted by Crippen LogP contribution is 2.29. The van der Waals surface area contributed by atoms with Gasteiger partial charge in [-0.1, -0.05) is 11.3 Å². The third-order valence-corrected chi connectivity index (χ3v) is 3.74. The number of fused-ring (bicyclic) bond motifs is 1. The van der Waals surface area contributed by atoms with Gasteiger partial charge in [-0.15, -0.1) is 10.2 Å². The number of aryl methyl sites for hydroxylation is 1. The highest BCUT2D eigenvalue weighted by Gasteiger charge is 2.13. The van der Waals surface area contributed by atoms with Gasteiger partial charge >= 0.3 is 0 Å². The summed E-state index contributed by atoms with van der Waals surface area (Å²) < 4.78 is 6.80. The van der Waals surface area contributed by atoms with Gasteiger partial charge in [-0.3, -0.25) is 0 Å². The number of rotatable bonds is 3. The number of nitrogens with zero attached hydrogens (tertiary/aromatic N) is 4. The molecule has 0 radical (unpaired) electrons. The van der Waals surface area contributed by atoms with Gasteiger partial charge in [-0.2, -0.15) is 9.61 Å². The van der Waals surface area contributed by atoms with E-state index in [2.05, 4.69) is 15.3 Å². The van der Waals surface area contributed by atoms with Crippen molar-refractivity contribution in [3.63, 3.8) is 0 Å². The minimum absolute atomic E-state index is 0.394. The molecule has 3 aromatic rings. The predicted molar refractivity (Wildman–Crippen MR) is 74.0 cm³/mol. The van der Waals surface area contributed by atoms with Crippen LogP contribution in [0.25, 0.3) is 15.5 Å². The molecule has 0 amide bonds. The topological polar surface area (TPSA) is 78.3 Å². The van der Waals surface area contributed by atoms with Crippen molar-refractivity contribution in [1.82, 2.24) is 19.8 Å².